The van der Waals surface area contributed by atoms with Crippen LogP contribution in [-0.4, -0.2) is 234 Å². The molecule has 1 unspecified atom stereocenters. The first-order chi connectivity index (χ1) is 49.9. The predicted molar refractivity (Wildman–Crippen MR) is 371 cm³/mol. The molecule has 38 heteroatoms. The van der Waals surface area contributed by atoms with Crippen molar-refractivity contribution in [3.63, 3.8) is 0 Å². The molecule has 578 valence electrons. The number of H-pyrrole nitrogens is 1. The van der Waals surface area contributed by atoms with E-state index in [2.05, 4.69) is 51.8 Å². The van der Waals surface area contributed by atoms with Crippen LogP contribution in [0.25, 0.3) is 11.2 Å². The summed E-state index contributed by atoms with van der Waals surface area (Å²) < 4.78 is 44.4. The number of aliphatic carboxylic acids is 3. The zero-order valence-electron chi connectivity index (χ0n) is 60.0. The monoisotopic (exact) mass is 1510 g/mol. The van der Waals surface area contributed by atoms with Crippen molar-refractivity contribution in [3.8, 4) is 0 Å². The van der Waals surface area contributed by atoms with E-state index < -0.39 is 209 Å². The number of rotatable bonds is 35. The Morgan fingerprint density at radius 3 is 2.11 bits per heavy atom. The highest BCUT2D eigenvalue weighted by molar-refractivity contribution is 8.00. The minimum atomic E-state index is -1.98. The average molecular weight is 1510 g/mol. The Hall–Kier alpha value is -9.76. The third-order valence-electron chi connectivity index (χ3n) is 19.7. The number of fused-ring (bicyclic) bond motifs is 2. The molecule has 1 saturated carbocycles. The fourth-order valence-corrected chi connectivity index (χ4v) is 14.8. The summed E-state index contributed by atoms with van der Waals surface area (Å²) in [5.74, 6) is -15.0. The van der Waals surface area contributed by atoms with Crippen molar-refractivity contribution in [1.29, 1.82) is 0 Å². The number of ether oxygens (including phenoxy) is 7. The number of thioether (sulfide) groups is 1. The molecule has 2 aliphatic carbocycles. The van der Waals surface area contributed by atoms with Crippen molar-refractivity contribution in [2.24, 2.45) is 22.5 Å². The number of epoxide rings is 1. The van der Waals surface area contributed by atoms with Gasteiger partial charge in [0.25, 0.3) is 11.5 Å². The zero-order valence-corrected chi connectivity index (χ0v) is 60.8. The van der Waals surface area contributed by atoms with Crippen LogP contribution in [-0.2, 0) is 97.2 Å². The normalized spacial score (nSPS) is 24.7. The molecule has 2 aromatic heterocycles. The molecule has 1 spiro atoms. The van der Waals surface area contributed by atoms with Crippen LogP contribution >= 0.6 is 11.8 Å². The number of nitrogens with one attached hydrogen (secondary N) is 7. The van der Waals surface area contributed by atoms with E-state index in [4.69, 9.17) is 44.6 Å². The van der Waals surface area contributed by atoms with Crippen LogP contribution in [0.3, 0.4) is 0 Å². The predicted octanol–water partition coefficient (Wildman–Crippen LogP) is -0.138. The lowest BCUT2D eigenvalue weighted by Gasteiger charge is -2.62. The SMILES string of the molecule is COC1(O[C@H]([C@H](C)OC(C)=O)[C@H]2O[C@@H]3C=C(C)[C@@H](OC(=O)CC(C)C)C[C@]3(COC(C)=O)C(C)(C)[C@]23CO3)CCC(NC(=O)CN2C(=O)CC(SC[C@@H](NC(=O)[C@@H](CC(=O)O)NC(=O)[C@H](CN)NC(=O)CC[C@@H](NC(=O)c3ccc(NCc4cnc5nc(N)[nH]c(=O)c5n4)cc3)C(=O)O)C(=O)O)C2=O)CC1. The molecule has 0 radical (unpaired) electrons. The van der Waals surface area contributed by atoms with Gasteiger partial charge in [0.05, 0.1) is 42.8 Å². The first kappa shape index (κ1) is 81.9. The number of benzene rings is 1. The van der Waals surface area contributed by atoms with Gasteiger partial charge in [-0.3, -0.25) is 67.4 Å². The number of carboxylic acids is 3. The Morgan fingerprint density at radius 1 is 0.849 bits per heavy atom. The number of amides is 7. The second kappa shape index (κ2) is 34.7. The Balaban J connectivity index is 0.809. The fourth-order valence-electron chi connectivity index (χ4n) is 13.6. The van der Waals surface area contributed by atoms with Crippen LogP contribution in [0.1, 0.15) is 136 Å². The summed E-state index contributed by atoms with van der Waals surface area (Å²) in [7, 11) is 1.45. The lowest BCUT2D eigenvalue weighted by atomic mass is 9.50. The van der Waals surface area contributed by atoms with Gasteiger partial charge in [-0.15, -0.1) is 11.8 Å². The molecule has 7 amide bonds. The van der Waals surface area contributed by atoms with Crippen molar-refractivity contribution in [3.05, 3.63) is 63.7 Å². The van der Waals surface area contributed by atoms with Crippen molar-refractivity contribution in [2.45, 2.75) is 204 Å². The largest absolute Gasteiger partial charge is 0.481 e. The Labute approximate surface area is 611 Å². The van der Waals surface area contributed by atoms with E-state index in [0.29, 0.717) is 33.6 Å². The van der Waals surface area contributed by atoms with Crippen molar-refractivity contribution < 1.29 is 111 Å². The molecule has 1 aromatic carbocycles. The number of likely N-dealkylation sites (tertiary alicyclic amines) is 1. The molecule has 5 heterocycles. The van der Waals surface area contributed by atoms with Crippen LogP contribution in [0.5, 0.6) is 0 Å². The van der Waals surface area contributed by atoms with Crippen LogP contribution in [0.2, 0.25) is 0 Å². The maximum Gasteiger partial charge on any atom is 0.327 e. The number of carboxylic acid groups (broad SMARTS) is 3. The van der Waals surface area contributed by atoms with E-state index in [-0.39, 0.29) is 92.8 Å². The molecule has 5 aliphatic rings. The van der Waals surface area contributed by atoms with E-state index in [1.165, 1.54) is 51.4 Å². The lowest BCUT2D eigenvalue weighted by Crippen LogP contribution is -2.71. The highest BCUT2D eigenvalue weighted by Crippen LogP contribution is 2.66. The second-order valence-electron chi connectivity index (χ2n) is 27.8. The van der Waals surface area contributed by atoms with Crippen LogP contribution in [0, 0.1) is 16.7 Å². The molecule has 4 fully saturated rings. The molecule has 0 bridgehead atoms. The van der Waals surface area contributed by atoms with Gasteiger partial charge >= 0.3 is 35.8 Å². The minimum absolute atomic E-state index is 0.0299. The van der Waals surface area contributed by atoms with E-state index >= 15 is 0 Å². The fraction of sp³-hybridized carbons (Fsp3) is 0.603. The molecular formula is C68H91N13O24S. The summed E-state index contributed by atoms with van der Waals surface area (Å²) in [6, 6.07) is -1.87. The maximum absolute atomic E-state index is 13.7. The van der Waals surface area contributed by atoms with Gasteiger partial charge < -0.3 is 91.8 Å². The molecule has 3 aliphatic heterocycles. The lowest BCUT2D eigenvalue weighted by molar-refractivity contribution is -0.326. The summed E-state index contributed by atoms with van der Waals surface area (Å²) in [6.07, 6.45) is -2.57. The smallest absolute Gasteiger partial charge is 0.327 e. The Kier molecular flexibility index (Phi) is 26.8. The summed E-state index contributed by atoms with van der Waals surface area (Å²) in [5.41, 5.74) is 9.35. The van der Waals surface area contributed by atoms with Gasteiger partial charge in [0.2, 0.25) is 41.4 Å². The van der Waals surface area contributed by atoms with Crippen molar-refractivity contribution in [1.82, 2.24) is 51.4 Å². The van der Waals surface area contributed by atoms with Gasteiger partial charge in [0.1, 0.15) is 67.3 Å². The molecule has 14 N–H and O–H groups in total. The zero-order chi connectivity index (χ0) is 77.9. The van der Waals surface area contributed by atoms with E-state index in [1.807, 2.05) is 40.7 Å². The van der Waals surface area contributed by atoms with E-state index in [1.54, 1.807) is 6.92 Å². The number of hydrogen-bond donors (Lipinski definition) is 12. The van der Waals surface area contributed by atoms with Gasteiger partial charge in [0.15, 0.2) is 17.0 Å². The molecule has 37 nitrogen and oxygen atoms in total. The summed E-state index contributed by atoms with van der Waals surface area (Å²) >= 11 is 0.652. The van der Waals surface area contributed by atoms with Crippen molar-refractivity contribution >= 4 is 112 Å². The first-order valence-corrected chi connectivity index (χ1v) is 35.4. The molecule has 12 atom stereocenters. The van der Waals surface area contributed by atoms with Gasteiger partial charge in [-0.2, -0.15) is 4.98 Å². The molecule has 8 rings (SSSR count). The van der Waals surface area contributed by atoms with Crippen molar-refractivity contribution in [2.75, 3.05) is 50.2 Å². The summed E-state index contributed by atoms with van der Waals surface area (Å²) in [6.45, 7) is 12.6. The number of hydrogen-bond acceptors (Lipinski definition) is 28. The number of aromatic amines is 1. The Bertz CT molecular complexity index is 3950. The molecular weight excluding hydrogens is 1410 g/mol. The number of carbonyl (C=O) groups excluding carboxylic acids is 10. The number of imide groups is 1. The van der Waals surface area contributed by atoms with E-state index in [0.717, 1.165) is 0 Å². The number of methoxy groups -OCH3 is 1. The Morgan fingerprint density at radius 2 is 1.51 bits per heavy atom. The number of esters is 3. The summed E-state index contributed by atoms with van der Waals surface area (Å²) in [4.78, 5) is 197. The van der Waals surface area contributed by atoms with Gasteiger partial charge in [-0.1, -0.05) is 33.8 Å². The third-order valence-corrected chi connectivity index (χ3v) is 21.0. The van der Waals surface area contributed by atoms with Gasteiger partial charge in [0, 0.05) is 99.9 Å². The van der Waals surface area contributed by atoms with Crippen LogP contribution < -0.4 is 48.9 Å². The quantitative estimate of drug-likeness (QED) is 0.00911. The molecule has 3 saturated heterocycles. The number of nitrogen functional groups attached to an aromatic ring is 1. The number of nitrogens with zero attached hydrogens (tertiary/aromatic N) is 4. The first-order valence-electron chi connectivity index (χ1n) is 34.3. The topological polar surface area (TPSA) is 550 Å². The standard InChI is InChI=1S/C68H91N13O24S/c1-32(2)20-52(89)103-45-24-66(30-100-35(5)82)47(21-33(45)3)104-55(68(31-101-68)65(66,7)8)54(34(4)102-36(6)83)105-67(99-9)18-16-39(17-19-67)73-49(85)28-81-50(86)23-46(61(81)94)106-29-44(63(97)98)78-58(91)42(22-51(87)88)77-59(92)43(25-69)75-48(84)15-14-41(62(95)96)76-57(90)37-10-12-38(13-11-37)71-26-40-27-72-56-53(74-40)60(93)80-64(70)79-56/h10-13,21,27,32,34,39,41-47,54-55,71H,14-20,22-26,28-31,69H2,1-9H3,(H,73,85)(H,75,84)(H,76,90)(H,77,92)(H,78,91)(H,87,88)(H,95,96)(H,97,98)(H3,70,72,79,80,93)/t34-,39?,41+,42+,43-,44+,45-,46?,47+,54+,55+,66+,67?,68-/m0/s1. The number of anilines is 2. The van der Waals surface area contributed by atoms with Gasteiger partial charge in [-0.05, 0) is 68.9 Å². The minimum Gasteiger partial charge on any atom is -0.481 e. The average Bonchev–Trinajstić information content (AvgIpc) is 1.46. The highest BCUT2D eigenvalue weighted by atomic mass is 32.2. The summed E-state index contributed by atoms with van der Waals surface area (Å²) in [5, 5.41) is 43.3. The van der Waals surface area contributed by atoms with Crippen LogP contribution in [0.15, 0.2) is 46.9 Å². The number of aromatic nitrogens is 4. The molecule has 3 aromatic rings. The second-order valence-corrected chi connectivity index (χ2v) is 29.1. The van der Waals surface area contributed by atoms with E-state index in [9.17, 15) is 82.4 Å². The molecule has 106 heavy (non-hydrogen) atoms. The highest BCUT2D eigenvalue weighted by Gasteiger charge is 2.77. The maximum atomic E-state index is 13.7. The van der Waals surface area contributed by atoms with Crippen LogP contribution in [0.4, 0.5) is 11.6 Å². The third kappa shape index (κ3) is 19.6. The number of carbonyl (C=O) groups is 13. The van der Waals surface area contributed by atoms with Gasteiger partial charge in [-0.25, -0.2) is 19.6 Å². The number of nitrogens with two attached hydrogens (primary N) is 2.